The molecule has 0 saturated heterocycles. The van der Waals surface area contributed by atoms with Crippen molar-refractivity contribution in [2.45, 2.75) is 21.3 Å². The van der Waals surface area contributed by atoms with Gasteiger partial charge in [-0.15, -0.1) is 0 Å². The van der Waals surface area contributed by atoms with Crippen LogP contribution in [-0.4, -0.2) is 11.9 Å². The average Bonchev–Trinajstić information content (AvgIpc) is 1.25. The second kappa shape index (κ2) is 15.9. The van der Waals surface area contributed by atoms with Crippen LogP contribution in [0.3, 0.4) is 0 Å². The molecule has 0 aromatic rings. The normalized spacial score (nSPS) is 5.00. The molecule has 0 atom stereocenters. The minimum Gasteiger partial charge on any atom is -0.550 e. The molecule has 10 heavy (non-hydrogen) atoms. The predicted octanol–water partition coefficient (Wildman–Crippen LogP) is -1.85. The molecule has 0 amide bonds. The van der Waals surface area contributed by atoms with E-state index in [-0.39, 0.29) is 35.1 Å². The summed E-state index contributed by atoms with van der Waals surface area (Å²) in [6.07, 6.45) is 0. The molecule has 0 rings (SSSR count). The zero-order valence-electron chi connectivity index (χ0n) is 5.34. The molecule has 0 saturated carbocycles. The van der Waals surface area contributed by atoms with E-state index in [4.69, 9.17) is 19.8 Å². The fraction of sp³-hybridized carbons (Fsp3) is 0.600. The Labute approximate surface area is 80.8 Å². The zero-order chi connectivity index (χ0) is 7.15. The van der Waals surface area contributed by atoms with Gasteiger partial charge in [-0.05, 0) is 13.8 Å². The summed E-state index contributed by atoms with van der Waals surface area (Å²) in [5.74, 6) is -2.17. The molecule has 0 heterocycles. The molecule has 0 aliphatic heterocycles. The smallest absolute Gasteiger partial charge is 0.550 e. The van der Waals surface area contributed by atoms with Gasteiger partial charge in [-0.1, -0.05) is 7.43 Å². The molecule has 0 aromatic carbocycles. The number of carbonyl (C=O) groups excluding carboxylic acids is 2. The quantitative estimate of drug-likeness (QED) is 0.487. The summed E-state index contributed by atoms with van der Waals surface area (Å²) in [7, 11) is 0. The Morgan fingerprint density at radius 3 is 1.00 bits per heavy atom. The van der Waals surface area contributed by atoms with E-state index in [9.17, 15) is 0 Å². The van der Waals surface area contributed by atoms with Gasteiger partial charge in [0, 0.05) is 11.9 Å². The van der Waals surface area contributed by atoms with E-state index in [0.717, 1.165) is 13.8 Å². The predicted molar refractivity (Wildman–Crippen MR) is 28.1 cm³/mol. The van der Waals surface area contributed by atoms with Crippen molar-refractivity contribution in [2.24, 2.45) is 0 Å². The van der Waals surface area contributed by atoms with Crippen LogP contribution in [0.15, 0.2) is 0 Å². The van der Waals surface area contributed by atoms with Crippen LogP contribution < -0.4 is 10.2 Å². The summed E-state index contributed by atoms with van der Waals surface area (Å²) in [5.41, 5.74) is 0. The maximum Gasteiger partial charge on any atom is 2.00 e. The fourth-order valence-electron chi connectivity index (χ4n) is 0. The molecular weight excluding hydrogens is 325 g/mol. The van der Waals surface area contributed by atoms with Gasteiger partial charge in [0.15, 0.2) is 0 Å². The van der Waals surface area contributed by atoms with Crippen molar-refractivity contribution in [3.8, 4) is 0 Å². The molecule has 0 fully saturated rings. The van der Waals surface area contributed by atoms with Crippen LogP contribution in [0.5, 0.6) is 0 Å². The van der Waals surface area contributed by atoms with Gasteiger partial charge in [0.2, 0.25) is 0 Å². The summed E-state index contributed by atoms with van der Waals surface area (Å²) in [5, 5.41) is 17.8. The molecule has 0 aliphatic rings. The van der Waals surface area contributed by atoms with E-state index in [1.807, 2.05) is 0 Å². The molecule has 0 N–H and O–H groups in total. The molecule has 0 unspecified atom stereocenters. The Kier molecular flexibility index (Phi) is 35.9. The molecule has 0 spiro atoms. The van der Waals surface area contributed by atoms with E-state index in [0.29, 0.717) is 0 Å². The first-order valence-corrected chi connectivity index (χ1v) is 1.82. The van der Waals surface area contributed by atoms with Crippen molar-refractivity contribution in [3.63, 3.8) is 0 Å². The van der Waals surface area contributed by atoms with E-state index < -0.39 is 11.9 Å². The molecule has 0 aliphatic carbocycles. The Balaban J connectivity index is -0.0000000300. The second-order valence-corrected chi connectivity index (χ2v) is 0.983. The summed E-state index contributed by atoms with van der Waals surface area (Å²) < 4.78 is 0. The fourth-order valence-corrected chi connectivity index (χ4v) is 0. The van der Waals surface area contributed by atoms with Crippen molar-refractivity contribution >= 4 is 11.9 Å². The van der Waals surface area contributed by atoms with Gasteiger partial charge in [-0.2, -0.15) is 0 Å². The maximum absolute atomic E-state index is 8.89. The van der Waals surface area contributed by atoms with Crippen molar-refractivity contribution in [3.05, 3.63) is 0 Å². The number of hydrogen-bond acceptors (Lipinski definition) is 4. The van der Waals surface area contributed by atoms with Gasteiger partial charge in [0.05, 0.1) is 0 Å². The number of carbonyl (C=O) groups is 2. The number of rotatable bonds is 0. The van der Waals surface area contributed by atoms with E-state index in [1.165, 1.54) is 0 Å². The maximum atomic E-state index is 8.89. The molecular formula is C5H10HgO4. The summed E-state index contributed by atoms with van der Waals surface area (Å²) in [6, 6.07) is 0. The number of carboxylic acid groups (broad SMARTS) is 2. The van der Waals surface area contributed by atoms with Crippen molar-refractivity contribution < 1.29 is 47.5 Å². The van der Waals surface area contributed by atoms with Crippen molar-refractivity contribution in [1.29, 1.82) is 0 Å². The summed E-state index contributed by atoms with van der Waals surface area (Å²) in [4.78, 5) is 17.8. The first kappa shape index (κ1) is 22.5. The van der Waals surface area contributed by atoms with Gasteiger partial charge in [-0.25, -0.2) is 0 Å². The van der Waals surface area contributed by atoms with Gasteiger partial charge in [-0.3, -0.25) is 0 Å². The van der Waals surface area contributed by atoms with Crippen LogP contribution >= 0.6 is 0 Å². The topological polar surface area (TPSA) is 80.3 Å². The minimum absolute atomic E-state index is 0. The third kappa shape index (κ3) is 23800. The van der Waals surface area contributed by atoms with Gasteiger partial charge in [0.25, 0.3) is 0 Å². The van der Waals surface area contributed by atoms with Crippen molar-refractivity contribution in [2.75, 3.05) is 0 Å². The van der Waals surface area contributed by atoms with E-state index in [2.05, 4.69) is 0 Å². The zero-order valence-corrected chi connectivity index (χ0v) is 10.8. The SMILES string of the molecule is C.CC(=O)[O-].CC(=O)[O-].[Hg+2]. The largest absolute Gasteiger partial charge is 2.00 e. The van der Waals surface area contributed by atoms with Crippen LogP contribution in [0.1, 0.15) is 21.3 Å². The van der Waals surface area contributed by atoms with E-state index >= 15 is 0 Å². The molecule has 56 valence electrons. The molecule has 4 nitrogen and oxygen atoms in total. The first-order chi connectivity index (χ1) is 3.46. The number of hydrogen-bond donors (Lipinski definition) is 0. The third-order valence-corrected chi connectivity index (χ3v) is 0. The Hall–Kier alpha value is -0.125. The summed E-state index contributed by atoms with van der Waals surface area (Å²) >= 11 is 0. The van der Waals surface area contributed by atoms with Crippen molar-refractivity contribution in [1.82, 2.24) is 0 Å². The minimum atomic E-state index is -1.08. The van der Waals surface area contributed by atoms with Crippen LogP contribution in [0.25, 0.3) is 0 Å². The van der Waals surface area contributed by atoms with Gasteiger partial charge >= 0.3 is 27.7 Å². The van der Waals surface area contributed by atoms with Gasteiger partial charge < -0.3 is 19.8 Å². The second-order valence-electron chi connectivity index (χ2n) is 0.983. The molecule has 0 radical (unpaired) electrons. The monoisotopic (exact) mass is 336 g/mol. The number of carboxylic acids is 2. The molecule has 0 bridgehead atoms. The Morgan fingerprint density at radius 2 is 1.00 bits per heavy atom. The van der Waals surface area contributed by atoms with Crippen LogP contribution in [0.4, 0.5) is 0 Å². The van der Waals surface area contributed by atoms with Gasteiger partial charge in [0.1, 0.15) is 0 Å². The first-order valence-electron chi connectivity index (χ1n) is 1.82. The van der Waals surface area contributed by atoms with E-state index in [1.54, 1.807) is 0 Å². The standard InChI is InChI=1S/2C2H4O2.CH4.Hg/c2*1-2(3)4;;/h2*1H3,(H,3,4);1H4;/q;;;+2/p-2. The molecule has 5 heteroatoms. The number of aliphatic carboxylic acids is 2. The van der Waals surface area contributed by atoms with Crippen LogP contribution in [0, 0.1) is 0 Å². The third-order valence-electron chi connectivity index (χ3n) is 0. The Bertz CT molecular complexity index is 71.6. The Morgan fingerprint density at radius 1 is 1.00 bits per heavy atom. The van der Waals surface area contributed by atoms with Crippen LogP contribution in [0.2, 0.25) is 0 Å². The van der Waals surface area contributed by atoms with Crippen LogP contribution in [-0.2, 0) is 37.3 Å². The molecule has 0 aromatic heterocycles. The summed E-state index contributed by atoms with van der Waals surface area (Å²) in [6.45, 7) is 1.94. The average molecular weight is 335 g/mol.